The molecule has 94 valence electrons. The van der Waals surface area contributed by atoms with Crippen LogP contribution in [0.15, 0.2) is 18.5 Å². The van der Waals surface area contributed by atoms with Gasteiger partial charge in [0.15, 0.2) is 0 Å². The predicted octanol–water partition coefficient (Wildman–Crippen LogP) is 3.62. The van der Waals surface area contributed by atoms with E-state index in [1.165, 1.54) is 49.7 Å². The molecule has 1 N–H and O–H groups in total. The zero-order chi connectivity index (χ0) is 12.1. The molecule has 1 fully saturated rings. The zero-order valence-corrected chi connectivity index (χ0v) is 11.1. The molecule has 0 amide bonds. The zero-order valence-electron chi connectivity index (χ0n) is 11.1. The molecule has 0 spiro atoms. The van der Waals surface area contributed by atoms with E-state index in [0.29, 0.717) is 6.04 Å². The Bertz CT molecular complexity index is 341. The van der Waals surface area contributed by atoms with Gasteiger partial charge in [-0.1, -0.05) is 25.7 Å². The van der Waals surface area contributed by atoms with Gasteiger partial charge in [-0.15, -0.1) is 0 Å². The second-order valence-electron chi connectivity index (χ2n) is 5.25. The summed E-state index contributed by atoms with van der Waals surface area (Å²) in [5, 5.41) is 3.53. The fourth-order valence-electron chi connectivity index (χ4n) is 3.12. The summed E-state index contributed by atoms with van der Waals surface area (Å²) in [4.78, 5) is 4.20. The first kappa shape index (κ1) is 12.6. The van der Waals surface area contributed by atoms with Crippen LogP contribution < -0.4 is 5.32 Å². The van der Waals surface area contributed by atoms with Crippen molar-refractivity contribution in [2.24, 2.45) is 5.92 Å². The Hall–Kier alpha value is -0.890. The summed E-state index contributed by atoms with van der Waals surface area (Å²) in [5.41, 5.74) is 2.76. The van der Waals surface area contributed by atoms with Crippen LogP contribution in [0.2, 0.25) is 0 Å². The number of pyridine rings is 1. The summed E-state index contributed by atoms with van der Waals surface area (Å²) in [6.07, 6.45) is 12.3. The van der Waals surface area contributed by atoms with E-state index >= 15 is 0 Å². The van der Waals surface area contributed by atoms with Crippen LogP contribution in [-0.4, -0.2) is 12.0 Å². The molecular weight excluding hydrogens is 208 g/mol. The quantitative estimate of drug-likeness (QED) is 0.805. The first-order valence-electron chi connectivity index (χ1n) is 6.90. The fourth-order valence-corrected chi connectivity index (χ4v) is 3.12. The highest BCUT2D eigenvalue weighted by Crippen LogP contribution is 2.34. The number of hydrogen-bond acceptors (Lipinski definition) is 2. The summed E-state index contributed by atoms with van der Waals surface area (Å²) in [7, 11) is 2.09. The molecule has 2 heteroatoms. The van der Waals surface area contributed by atoms with Crippen molar-refractivity contribution in [3.05, 3.63) is 29.6 Å². The Morgan fingerprint density at radius 1 is 1.24 bits per heavy atom. The average Bonchev–Trinajstić information content (AvgIpc) is 2.62. The number of nitrogens with zero attached hydrogens (tertiary/aromatic N) is 1. The molecule has 1 aliphatic carbocycles. The maximum absolute atomic E-state index is 4.20. The Morgan fingerprint density at radius 2 is 1.94 bits per heavy atom. The summed E-state index contributed by atoms with van der Waals surface area (Å²) < 4.78 is 0. The fraction of sp³-hybridized carbons (Fsp3) is 0.667. The SMILES string of the molecule is CNC(c1ccncc1C)C1CCCCCC1. The van der Waals surface area contributed by atoms with E-state index in [-0.39, 0.29) is 0 Å². The number of hydrogen-bond donors (Lipinski definition) is 1. The summed E-state index contributed by atoms with van der Waals surface area (Å²) >= 11 is 0. The van der Waals surface area contributed by atoms with Gasteiger partial charge in [0.2, 0.25) is 0 Å². The van der Waals surface area contributed by atoms with Crippen LogP contribution in [0.4, 0.5) is 0 Å². The lowest BCUT2D eigenvalue weighted by molar-refractivity contribution is 0.340. The van der Waals surface area contributed by atoms with E-state index in [9.17, 15) is 0 Å². The Kier molecular flexibility index (Phi) is 4.55. The van der Waals surface area contributed by atoms with Gasteiger partial charge in [-0.3, -0.25) is 4.98 Å². The first-order valence-corrected chi connectivity index (χ1v) is 6.90. The van der Waals surface area contributed by atoms with Crippen molar-refractivity contribution in [2.45, 2.75) is 51.5 Å². The molecule has 1 aromatic heterocycles. The highest BCUT2D eigenvalue weighted by Gasteiger charge is 2.23. The van der Waals surface area contributed by atoms with Gasteiger partial charge in [-0.25, -0.2) is 0 Å². The molecule has 0 radical (unpaired) electrons. The Balaban J connectivity index is 2.17. The summed E-state index contributed by atoms with van der Waals surface area (Å²) in [5.74, 6) is 0.795. The van der Waals surface area contributed by atoms with E-state index in [0.717, 1.165) is 5.92 Å². The van der Waals surface area contributed by atoms with Gasteiger partial charge in [0.1, 0.15) is 0 Å². The molecule has 1 aromatic rings. The number of aryl methyl sites for hydroxylation is 1. The molecule has 2 rings (SSSR count). The third-order valence-corrected chi connectivity index (χ3v) is 4.08. The lowest BCUT2D eigenvalue weighted by Crippen LogP contribution is -2.25. The standard InChI is InChI=1S/C15H24N2/c1-12-11-17-10-9-14(12)15(16-2)13-7-5-3-4-6-8-13/h9-11,13,15-16H,3-8H2,1-2H3. The molecule has 1 atom stereocenters. The van der Waals surface area contributed by atoms with E-state index in [1.54, 1.807) is 0 Å². The van der Waals surface area contributed by atoms with E-state index in [4.69, 9.17) is 0 Å². The van der Waals surface area contributed by atoms with Crippen molar-refractivity contribution in [3.8, 4) is 0 Å². The van der Waals surface area contributed by atoms with Crippen LogP contribution in [0.3, 0.4) is 0 Å². The molecule has 1 saturated carbocycles. The van der Waals surface area contributed by atoms with Crippen molar-refractivity contribution >= 4 is 0 Å². The van der Waals surface area contributed by atoms with Gasteiger partial charge in [-0.05, 0) is 49.9 Å². The maximum Gasteiger partial charge on any atom is 0.0349 e. The second-order valence-corrected chi connectivity index (χ2v) is 5.25. The van der Waals surface area contributed by atoms with Crippen LogP contribution >= 0.6 is 0 Å². The number of aromatic nitrogens is 1. The lowest BCUT2D eigenvalue weighted by Gasteiger charge is -2.27. The predicted molar refractivity (Wildman–Crippen MR) is 72.0 cm³/mol. The van der Waals surface area contributed by atoms with Crippen LogP contribution in [-0.2, 0) is 0 Å². The third kappa shape index (κ3) is 3.06. The van der Waals surface area contributed by atoms with Crippen molar-refractivity contribution in [3.63, 3.8) is 0 Å². The van der Waals surface area contributed by atoms with Gasteiger partial charge in [0, 0.05) is 18.4 Å². The number of rotatable bonds is 3. The average molecular weight is 232 g/mol. The van der Waals surface area contributed by atoms with E-state index in [1.807, 2.05) is 12.4 Å². The summed E-state index contributed by atoms with van der Waals surface area (Å²) in [6.45, 7) is 2.17. The van der Waals surface area contributed by atoms with Crippen molar-refractivity contribution in [2.75, 3.05) is 7.05 Å². The van der Waals surface area contributed by atoms with Crippen LogP contribution in [0.5, 0.6) is 0 Å². The van der Waals surface area contributed by atoms with Gasteiger partial charge < -0.3 is 5.32 Å². The minimum Gasteiger partial charge on any atom is -0.313 e. The molecule has 1 unspecified atom stereocenters. The minimum absolute atomic E-state index is 0.510. The van der Waals surface area contributed by atoms with Gasteiger partial charge >= 0.3 is 0 Å². The number of nitrogens with one attached hydrogen (secondary N) is 1. The smallest absolute Gasteiger partial charge is 0.0349 e. The molecule has 0 aliphatic heterocycles. The lowest BCUT2D eigenvalue weighted by atomic mass is 9.86. The van der Waals surface area contributed by atoms with E-state index in [2.05, 4.69) is 30.3 Å². The highest BCUT2D eigenvalue weighted by molar-refractivity contribution is 5.26. The summed E-state index contributed by atoms with van der Waals surface area (Å²) in [6, 6.07) is 2.69. The molecule has 17 heavy (non-hydrogen) atoms. The molecule has 1 aliphatic rings. The van der Waals surface area contributed by atoms with Crippen LogP contribution in [0.25, 0.3) is 0 Å². The van der Waals surface area contributed by atoms with Crippen LogP contribution in [0.1, 0.15) is 55.7 Å². The molecule has 0 saturated heterocycles. The van der Waals surface area contributed by atoms with E-state index < -0.39 is 0 Å². The maximum atomic E-state index is 4.20. The third-order valence-electron chi connectivity index (χ3n) is 4.08. The van der Waals surface area contributed by atoms with Gasteiger partial charge in [-0.2, -0.15) is 0 Å². The van der Waals surface area contributed by atoms with Crippen molar-refractivity contribution in [1.29, 1.82) is 0 Å². The van der Waals surface area contributed by atoms with Crippen molar-refractivity contribution < 1.29 is 0 Å². The monoisotopic (exact) mass is 232 g/mol. The van der Waals surface area contributed by atoms with Crippen LogP contribution in [0, 0.1) is 12.8 Å². The molecule has 2 nitrogen and oxygen atoms in total. The normalized spacial score (nSPS) is 19.9. The van der Waals surface area contributed by atoms with Gasteiger partial charge in [0.05, 0.1) is 0 Å². The minimum atomic E-state index is 0.510. The molecule has 1 heterocycles. The Morgan fingerprint density at radius 3 is 2.53 bits per heavy atom. The van der Waals surface area contributed by atoms with Gasteiger partial charge in [0.25, 0.3) is 0 Å². The Labute approximate surface area is 105 Å². The first-order chi connectivity index (χ1) is 8.33. The highest BCUT2D eigenvalue weighted by atomic mass is 14.9. The molecule has 0 bridgehead atoms. The second kappa shape index (κ2) is 6.15. The topological polar surface area (TPSA) is 24.9 Å². The molecule has 0 aromatic carbocycles. The van der Waals surface area contributed by atoms with Crippen molar-refractivity contribution in [1.82, 2.24) is 10.3 Å². The molecular formula is C15H24N2. The largest absolute Gasteiger partial charge is 0.313 e.